The summed E-state index contributed by atoms with van der Waals surface area (Å²) in [5.41, 5.74) is 2.40. The number of benzene rings is 2. The molecular weight excluding hydrogens is 470 g/mol. The summed E-state index contributed by atoms with van der Waals surface area (Å²) in [5, 5.41) is 1.30. The van der Waals surface area contributed by atoms with E-state index in [1.165, 1.54) is 6.07 Å². The van der Waals surface area contributed by atoms with E-state index in [9.17, 15) is 13.6 Å². The number of hydrogen-bond donors (Lipinski definition) is 0. The number of ether oxygens (including phenoxy) is 1. The van der Waals surface area contributed by atoms with Crippen molar-refractivity contribution in [2.75, 3.05) is 26.3 Å². The normalized spacial score (nSPS) is 18.9. The maximum atomic E-state index is 14.8. The molecule has 1 aromatic heterocycles. The van der Waals surface area contributed by atoms with Crippen molar-refractivity contribution in [3.05, 3.63) is 76.7 Å². The second-order valence-electron chi connectivity index (χ2n) is 10.3. The molecule has 0 atom stereocenters. The third kappa shape index (κ3) is 4.38. The first kappa shape index (κ1) is 24.0. The fraction of sp³-hybridized carbons (Fsp3) is 0.393. The Hall–Kier alpha value is -2.70. The Morgan fingerprint density at radius 1 is 1.14 bits per heavy atom. The largest absolute Gasteiger partial charge is 0.374 e. The highest BCUT2D eigenvalue weighted by molar-refractivity contribution is 6.31. The molecule has 2 aliphatic heterocycles. The molecule has 0 aliphatic carbocycles. The number of alkyl halides is 1. The zero-order valence-electron chi connectivity index (χ0n) is 20.0. The van der Waals surface area contributed by atoms with E-state index in [1.54, 1.807) is 29.0 Å². The molecule has 0 radical (unpaired) electrons. The van der Waals surface area contributed by atoms with Gasteiger partial charge in [0.05, 0.1) is 30.8 Å². The summed E-state index contributed by atoms with van der Waals surface area (Å²) in [5.74, 6) is -0.349. The van der Waals surface area contributed by atoms with E-state index in [4.69, 9.17) is 16.3 Å². The summed E-state index contributed by atoms with van der Waals surface area (Å²) in [6.45, 7) is 9.46. The molecule has 2 fully saturated rings. The molecule has 184 valence electrons. The minimum Gasteiger partial charge on any atom is -0.374 e. The van der Waals surface area contributed by atoms with E-state index in [-0.39, 0.29) is 36.9 Å². The second-order valence-corrected chi connectivity index (χ2v) is 10.7. The van der Waals surface area contributed by atoms with E-state index >= 15 is 0 Å². The van der Waals surface area contributed by atoms with Crippen LogP contribution in [0.3, 0.4) is 0 Å². The van der Waals surface area contributed by atoms with Crippen LogP contribution in [0.4, 0.5) is 8.78 Å². The lowest BCUT2D eigenvalue weighted by Gasteiger charge is -2.41. The zero-order valence-corrected chi connectivity index (χ0v) is 20.8. The van der Waals surface area contributed by atoms with Crippen LogP contribution in [0.5, 0.6) is 0 Å². The summed E-state index contributed by atoms with van der Waals surface area (Å²) in [6, 6.07) is 10.3. The Bertz CT molecular complexity index is 1320. The third-order valence-corrected chi connectivity index (χ3v) is 7.73. The van der Waals surface area contributed by atoms with Gasteiger partial charge in [0.2, 0.25) is 0 Å². The lowest BCUT2D eigenvalue weighted by molar-refractivity contribution is -0.136. The van der Waals surface area contributed by atoms with Crippen LogP contribution < -0.4 is 0 Å². The number of nitrogens with zero attached hydrogens (tertiary/aromatic N) is 2. The molecule has 35 heavy (non-hydrogen) atoms. The van der Waals surface area contributed by atoms with Gasteiger partial charge in [-0.05, 0) is 60.6 Å². The van der Waals surface area contributed by atoms with Gasteiger partial charge in [-0.1, -0.05) is 42.8 Å². The van der Waals surface area contributed by atoms with E-state index in [0.717, 1.165) is 40.4 Å². The Morgan fingerprint density at radius 3 is 2.49 bits per heavy atom. The molecule has 7 heteroatoms. The number of aromatic nitrogens is 1. The summed E-state index contributed by atoms with van der Waals surface area (Å²) >= 11 is 6.22. The second kappa shape index (κ2) is 8.75. The van der Waals surface area contributed by atoms with Gasteiger partial charge in [-0.15, -0.1) is 0 Å². The number of carbonyl (C=O) groups excluding carboxylic acids is 1. The van der Waals surface area contributed by atoms with E-state index in [0.29, 0.717) is 23.7 Å². The van der Waals surface area contributed by atoms with Crippen molar-refractivity contribution < 1.29 is 18.3 Å². The number of likely N-dealkylation sites (tertiary alicyclic amines) is 1. The van der Waals surface area contributed by atoms with Crippen molar-refractivity contribution in [1.82, 2.24) is 9.47 Å². The minimum atomic E-state index is -1.43. The molecule has 0 unspecified atom stereocenters. The maximum Gasteiger partial charge on any atom is 0.256 e. The molecule has 3 heterocycles. The van der Waals surface area contributed by atoms with Gasteiger partial charge >= 0.3 is 0 Å². The summed E-state index contributed by atoms with van der Waals surface area (Å²) in [7, 11) is 0. The molecule has 0 bridgehead atoms. The molecule has 0 N–H and O–H groups in total. The minimum absolute atomic E-state index is 0.0524. The van der Waals surface area contributed by atoms with Crippen molar-refractivity contribution in [3.63, 3.8) is 0 Å². The Kier molecular flexibility index (Phi) is 6.01. The highest BCUT2D eigenvalue weighted by Gasteiger charge is 2.40. The van der Waals surface area contributed by atoms with Crippen molar-refractivity contribution in [3.8, 4) is 0 Å². The van der Waals surface area contributed by atoms with Crippen LogP contribution in [0.1, 0.15) is 48.2 Å². The van der Waals surface area contributed by atoms with Crippen LogP contribution >= 0.6 is 11.6 Å². The lowest BCUT2D eigenvalue weighted by atomic mass is 9.72. The van der Waals surface area contributed by atoms with Crippen LogP contribution in [0.2, 0.25) is 5.02 Å². The van der Waals surface area contributed by atoms with Crippen molar-refractivity contribution in [2.24, 2.45) is 0 Å². The lowest BCUT2D eigenvalue weighted by Crippen LogP contribution is -2.48. The number of hydrogen-bond acceptors (Lipinski definition) is 2. The van der Waals surface area contributed by atoms with Crippen molar-refractivity contribution in [2.45, 2.75) is 44.3 Å². The molecule has 3 aromatic rings. The van der Waals surface area contributed by atoms with Gasteiger partial charge in [-0.25, -0.2) is 8.78 Å². The molecule has 1 amide bonds. The van der Waals surface area contributed by atoms with Crippen LogP contribution in [-0.4, -0.2) is 47.3 Å². The highest BCUT2D eigenvalue weighted by Crippen LogP contribution is 2.40. The Morgan fingerprint density at radius 2 is 1.86 bits per heavy atom. The molecule has 5 rings (SSSR count). The molecule has 2 aromatic carbocycles. The zero-order chi connectivity index (χ0) is 25.0. The maximum absolute atomic E-state index is 14.8. The van der Waals surface area contributed by atoms with Gasteiger partial charge in [-0.3, -0.25) is 4.79 Å². The molecule has 2 aliphatic rings. The Balaban J connectivity index is 1.40. The average molecular weight is 499 g/mol. The van der Waals surface area contributed by atoms with Gasteiger partial charge in [0.1, 0.15) is 5.82 Å². The highest BCUT2D eigenvalue weighted by atomic mass is 35.5. The first-order valence-electron chi connectivity index (χ1n) is 11.9. The molecule has 0 saturated carbocycles. The van der Waals surface area contributed by atoms with E-state index < -0.39 is 5.67 Å². The van der Waals surface area contributed by atoms with Gasteiger partial charge in [0.25, 0.3) is 5.91 Å². The average Bonchev–Trinajstić information content (AvgIpc) is 3.15. The first-order valence-corrected chi connectivity index (χ1v) is 12.3. The van der Waals surface area contributed by atoms with Crippen LogP contribution in [0, 0.1) is 5.82 Å². The molecule has 0 spiro atoms. The van der Waals surface area contributed by atoms with Crippen LogP contribution in [0.25, 0.3) is 16.5 Å². The van der Waals surface area contributed by atoms with Crippen molar-refractivity contribution >= 4 is 34.0 Å². The SMILES string of the molecule is C=C(C)c1cc(F)ccc1C1(C)CCN(C(=O)c2cn(CC3(F)COC3)c3cc(Cl)ccc23)CC1. The monoisotopic (exact) mass is 498 g/mol. The van der Waals surface area contributed by atoms with E-state index in [1.807, 2.05) is 24.0 Å². The first-order chi connectivity index (χ1) is 16.6. The van der Waals surface area contributed by atoms with Gasteiger partial charge in [-0.2, -0.15) is 0 Å². The number of carbonyl (C=O) groups is 1. The molecule has 4 nitrogen and oxygen atoms in total. The number of rotatable bonds is 5. The number of halogens is 3. The quantitative estimate of drug-likeness (QED) is 0.408. The van der Waals surface area contributed by atoms with Gasteiger partial charge in [0, 0.05) is 29.7 Å². The standard InChI is InChI=1S/C28H29ClF2N2O2/c1-18(2)22-13-20(30)5-7-24(22)27(3)8-10-32(11-9-27)26(34)23-14-33(15-28(31)16-35-17-28)25-12-19(29)4-6-21(23)25/h4-7,12-14H,1,8-11,15-17H2,2-3H3. The van der Waals surface area contributed by atoms with Gasteiger partial charge < -0.3 is 14.2 Å². The fourth-order valence-electron chi connectivity index (χ4n) is 5.33. The van der Waals surface area contributed by atoms with E-state index in [2.05, 4.69) is 13.5 Å². The number of allylic oxidation sites excluding steroid dienone is 1. The fourth-order valence-corrected chi connectivity index (χ4v) is 5.49. The number of piperidine rings is 1. The number of fused-ring (bicyclic) bond motifs is 1. The van der Waals surface area contributed by atoms with Gasteiger partial charge in [0.15, 0.2) is 5.67 Å². The summed E-state index contributed by atoms with van der Waals surface area (Å²) in [4.78, 5) is 15.5. The topological polar surface area (TPSA) is 34.5 Å². The predicted molar refractivity (Wildman–Crippen MR) is 135 cm³/mol. The molecule has 2 saturated heterocycles. The van der Waals surface area contributed by atoms with Crippen LogP contribution in [-0.2, 0) is 16.7 Å². The Labute approximate surface area is 209 Å². The summed E-state index contributed by atoms with van der Waals surface area (Å²) in [6.07, 6.45) is 3.25. The molecular formula is C28H29ClF2N2O2. The predicted octanol–water partition coefficient (Wildman–Crippen LogP) is 6.40. The smallest absolute Gasteiger partial charge is 0.256 e. The van der Waals surface area contributed by atoms with Crippen molar-refractivity contribution in [1.29, 1.82) is 0 Å². The van der Waals surface area contributed by atoms with Crippen LogP contribution in [0.15, 0.2) is 49.2 Å². The number of amides is 1. The third-order valence-electron chi connectivity index (χ3n) is 7.50. The summed E-state index contributed by atoms with van der Waals surface area (Å²) < 4.78 is 35.6.